The normalized spacial score (nSPS) is 14.5. The fourth-order valence-electron chi connectivity index (χ4n) is 2.31. The number of thioether (sulfide) groups is 1. The van der Waals surface area contributed by atoms with Gasteiger partial charge in [0.25, 0.3) is 0 Å². The highest BCUT2D eigenvalue weighted by Gasteiger charge is 2.29. The van der Waals surface area contributed by atoms with Gasteiger partial charge in [0.2, 0.25) is 17.7 Å². The number of carboxylic acids is 1. The molecule has 0 aromatic rings. The molecule has 0 rings (SSSR count). The predicted molar refractivity (Wildman–Crippen MR) is 117 cm³/mol. The molecule has 0 bridgehead atoms. The van der Waals surface area contributed by atoms with Crippen molar-refractivity contribution in [3.05, 3.63) is 0 Å². The van der Waals surface area contributed by atoms with E-state index in [-0.39, 0.29) is 31.8 Å². The quantitative estimate of drug-likeness (QED) is 0.0683. The number of nitrogens with zero attached hydrogens (tertiary/aromatic N) is 1. The van der Waals surface area contributed by atoms with E-state index >= 15 is 0 Å². The van der Waals surface area contributed by atoms with E-state index < -0.39 is 54.5 Å². The van der Waals surface area contributed by atoms with Gasteiger partial charge in [-0.15, -0.1) is 0 Å². The topological polar surface area (TPSA) is 235 Å². The van der Waals surface area contributed by atoms with Gasteiger partial charge in [0.15, 0.2) is 5.96 Å². The molecule has 0 fully saturated rings. The molecule has 4 atom stereocenters. The van der Waals surface area contributed by atoms with E-state index in [1.165, 1.54) is 18.7 Å². The van der Waals surface area contributed by atoms with Crippen molar-refractivity contribution in [1.82, 2.24) is 16.0 Å². The third-order valence-electron chi connectivity index (χ3n) is 4.03. The van der Waals surface area contributed by atoms with E-state index in [1.807, 2.05) is 6.26 Å². The number of aliphatic carboxylic acids is 1. The maximum absolute atomic E-state index is 12.6. The van der Waals surface area contributed by atoms with Crippen molar-refractivity contribution in [1.29, 1.82) is 0 Å². The largest absolute Gasteiger partial charge is 0.480 e. The fourth-order valence-corrected chi connectivity index (χ4v) is 2.78. The average molecular weight is 464 g/mol. The molecule has 0 aliphatic rings. The highest BCUT2D eigenvalue weighted by molar-refractivity contribution is 7.98. The molecule has 13 nitrogen and oxygen atoms in total. The van der Waals surface area contributed by atoms with Crippen LogP contribution in [0.5, 0.6) is 0 Å². The molecule has 0 aromatic carbocycles. The number of carbonyl (C=O) groups is 4. The monoisotopic (exact) mass is 463 g/mol. The highest BCUT2D eigenvalue weighted by atomic mass is 32.2. The number of hydrogen-bond acceptors (Lipinski definition) is 8. The Labute approximate surface area is 185 Å². The third kappa shape index (κ3) is 12.0. The van der Waals surface area contributed by atoms with Crippen molar-refractivity contribution < 1.29 is 29.4 Å². The minimum absolute atomic E-state index is 0.0325. The SMILES string of the molecule is CSCCC(NC(=O)C(C)N)C(=O)NC(CO)C(=O)NC(CCCN=C(N)N)C(=O)O. The zero-order valence-corrected chi connectivity index (χ0v) is 18.5. The maximum atomic E-state index is 12.6. The Bertz CT molecular complexity index is 642. The van der Waals surface area contributed by atoms with Crippen molar-refractivity contribution in [2.75, 3.05) is 25.2 Å². The van der Waals surface area contributed by atoms with Gasteiger partial charge >= 0.3 is 5.97 Å². The lowest BCUT2D eigenvalue weighted by molar-refractivity contribution is -0.142. The Morgan fingerprint density at radius 3 is 2.00 bits per heavy atom. The van der Waals surface area contributed by atoms with Crippen molar-refractivity contribution in [3.63, 3.8) is 0 Å². The van der Waals surface area contributed by atoms with Crippen molar-refractivity contribution in [2.24, 2.45) is 22.2 Å². The number of aliphatic hydroxyl groups excluding tert-OH is 1. The summed E-state index contributed by atoms with van der Waals surface area (Å²) in [7, 11) is 0. The summed E-state index contributed by atoms with van der Waals surface area (Å²) in [5.74, 6) is -3.00. The summed E-state index contributed by atoms with van der Waals surface area (Å²) in [5.41, 5.74) is 15.9. The van der Waals surface area contributed by atoms with Crippen LogP contribution in [0.3, 0.4) is 0 Å². The van der Waals surface area contributed by atoms with Crippen LogP contribution in [-0.2, 0) is 19.2 Å². The molecule has 14 heteroatoms. The number of carboxylic acid groups (broad SMARTS) is 1. The first-order valence-electron chi connectivity index (χ1n) is 9.58. The van der Waals surface area contributed by atoms with Gasteiger partial charge in [-0.2, -0.15) is 11.8 Å². The highest BCUT2D eigenvalue weighted by Crippen LogP contribution is 2.03. The summed E-state index contributed by atoms with van der Waals surface area (Å²) in [5, 5.41) is 25.9. The number of aliphatic hydroxyl groups is 1. The van der Waals surface area contributed by atoms with Gasteiger partial charge in [-0.3, -0.25) is 19.4 Å². The Kier molecular flexibility index (Phi) is 14.0. The first-order valence-corrected chi connectivity index (χ1v) is 11.0. The molecular formula is C17H33N7O6S. The molecule has 3 amide bonds. The summed E-state index contributed by atoms with van der Waals surface area (Å²) < 4.78 is 0. The second-order valence-corrected chi connectivity index (χ2v) is 7.71. The van der Waals surface area contributed by atoms with Crippen LogP contribution in [-0.4, -0.2) is 89.2 Å². The molecule has 0 aliphatic carbocycles. The predicted octanol–water partition coefficient (Wildman–Crippen LogP) is -3.33. The molecular weight excluding hydrogens is 430 g/mol. The van der Waals surface area contributed by atoms with Gasteiger partial charge in [-0.25, -0.2) is 4.79 Å². The van der Waals surface area contributed by atoms with Crippen molar-refractivity contribution in [3.8, 4) is 0 Å². The van der Waals surface area contributed by atoms with E-state index in [0.29, 0.717) is 5.75 Å². The van der Waals surface area contributed by atoms with Crippen LogP contribution in [0.25, 0.3) is 0 Å². The third-order valence-corrected chi connectivity index (χ3v) is 4.68. The Balaban J connectivity index is 5.04. The number of aliphatic imine (C=N–C) groups is 1. The number of carbonyl (C=O) groups excluding carboxylic acids is 3. The van der Waals surface area contributed by atoms with Gasteiger partial charge in [-0.05, 0) is 38.2 Å². The average Bonchev–Trinajstić information content (AvgIpc) is 2.70. The summed E-state index contributed by atoms with van der Waals surface area (Å²) in [6.07, 6.45) is 2.41. The standard InChI is InChI=1S/C17H33N7O6S/c1-9(18)13(26)22-10(5-7-31-2)14(27)24-12(8-25)15(28)23-11(16(29)30)4-3-6-21-17(19)20/h9-12,25H,3-8,18H2,1-2H3,(H,22,26)(H,23,28)(H,24,27)(H,29,30)(H4,19,20,21). The molecule has 0 saturated heterocycles. The molecule has 0 radical (unpaired) electrons. The minimum atomic E-state index is -1.41. The smallest absolute Gasteiger partial charge is 0.326 e. The molecule has 0 spiro atoms. The Morgan fingerprint density at radius 2 is 1.52 bits per heavy atom. The number of nitrogens with one attached hydrogen (secondary N) is 3. The van der Waals surface area contributed by atoms with Crippen LogP contribution in [0.2, 0.25) is 0 Å². The first-order chi connectivity index (χ1) is 14.5. The number of amides is 3. The van der Waals surface area contributed by atoms with E-state index in [2.05, 4.69) is 20.9 Å². The van der Waals surface area contributed by atoms with Gasteiger partial charge in [0, 0.05) is 6.54 Å². The van der Waals surface area contributed by atoms with Crippen LogP contribution < -0.4 is 33.2 Å². The lowest BCUT2D eigenvalue weighted by Crippen LogP contribution is -2.58. The summed E-state index contributed by atoms with van der Waals surface area (Å²) in [6.45, 7) is 0.870. The lowest BCUT2D eigenvalue weighted by Gasteiger charge is -2.23. The van der Waals surface area contributed by atoms with Gasteiger partial charge < -0.3 is 43.4 Å². The van der Waals surface area contributed by atoms with Crippen molar-refractivity contribution >= 4 is 41.4 Å². The molecule has 0 saturated carbocycles. The van der Waals surface area contributed by atoms with E-state index in [9.17, 15) is 29.4 Å². The van der Waals surface area contributed by atoms with Crippen LogP contribution >= 0.6 is 11.8 Å². The molecule has 0 aliphatic heterocycles. The van der Waals surface area contributed by atoms with Crippen LogP contribution in [0.15, 0.2) is 4.99 Å². The molecule has 0 heterocycles. The zero-order chi connectivity index (χ0) is 24.0. The summed E-state index contributed by atoms with van der Waals surface area (Å²) >= 11 is 1.46. The van der Waals surface area contributed by atoms with Gasteiger partial charge in [0.05, 0.1) is 12.6 Å². The molecule has 4 unspecified atom stereocenters. The fraction of sp³-hybridized carbons (Fsp3) is 0.706. The second kappa shape index (κ2) is 15.3. The maximum Gasteiger partial charge on any atom is 0.326 e. The Morgan fingerprint density at radius 1 is 0.968 bits per heavy atom. The van der Waals surface area contributed by atoms with E-state index in [1.54, 1.807) is 0 Å². The van der Waals surface area contributed by atoms with Crippen LogP contribution in [0.1, 0.15) is 26.2 Å². The number of rotatable bonds is 15. The van der Waals surface area contributed by atoms with Crippen molar-refractivity contribution in [2.45, 2.75) is 50.4 Å². The zero-order valence-electron chi connectivity index (χ0n) is 17.7. The summed E-state index contributed by atoms with van der Waals surface area (Å²) in [6, 6.07) is -4.48. The molecule has 0 aromatic heterocycles. The first kappa shape index (κ1) is 28.4. The Hall–Kier alpha value is -2.58. The number of nitrogens with two attached hydrogens (primary N) is 3. The minimum Gasteiger partial charge on any atom is -0.480 e. The van der Waals surface area contributed by atoms with Crippen LogP contribution in [0.4, 0.5) is 0 Å². The molecule has 11 N–H and O–H groups in total. The summed E-state index contributed by atoms with van der Waals surface area (Å²) in [4.78, 5) is 51.9. The molecule has 31 heavy (non-hydrogen) atoms. The van der Waals surface area contributed by atoms with E-state index in [0.717, 1.165) is 0 Å². The number of hydrogen-bond donors (Lipinski definition) is 8. The molecule has 178 valence electrons. The second-order valence-electron chi connectivity index (χ2n) is 6.72. The number of guanidine groups is 1. The van der Waals surface area contributed by atoms with E-state index in [4.69, 9.17) is 17.2 Å². The van der Waals surface area contributed by atoms with Gasteiger partial charge in [-0.1, -0.05) is 0 Å². The van der Waals surface area contributed by atoms with Crippen LogP contribution in [0, 0.1) is 0 Å². The van der Waals surface area contributed by atoms with Gasteiger partial charge in [0.1, 0.15) is 18.1 Å². The lowest BCUT2D eigenvalue weighted by atomic mass is 10.1.